The number of nitrogens with two attached hydrogens (primary N) is 2. The minimum absolute atomic E-state index is 0.101. The van der Waals surface area contributed by atoms with E-state index in [2.05, 4.69) is 0 Å². The summed E-state index contributed by atoms with van der Waals surface area (Å²) in [6.07, 6.45) is 0. The summed E-state index contributed by atoms with van der Waals surface area (Å²) >= 11 is 5.84. The van der Waals surface area contributed by atoms with Crippen LogP contribution in [0, 0.1) is 5.82 Å². The number of carbonyl (C=O) groups is 1. The third kappa shape index (κ3) is 2.95. The molecule has 0 radical (unpaired) electrons. The molecule has 2 aromatic rings. The van der Waals surface area contributed by atoms with Crippen molar-refractivity contribution in [3.63, 3.8) is 0 Å². The lowest BCUT2D eigenvalue weighted by atomic mass is 10.2. The standard InChI is InChI=1S/C13H10ClFN2O2/c14-9-6-8(15)2-4-11(9)19-12-5-7(13(17)18)1-3-10(12)16/h1-6H,16H2,(H2,17,18). The fraction of sp³-hybridized carbons (Fsp3) is 0. The number of halogens is 2. The van der Waals surface area contributed by atoms with Gasteiger partial charge in [0.05, 0.1) is 10.7 Å². The summed E-state index contributed by atoms with van der Waals surface area (Å²) in [4.78, 5) is 11.1. The van der Waals surface area contributed by atoms with Gasteiger partial charge in [-0.2, -0.15) is 0 Å². The molecule has 0 bridgehead atoms. The van der Waals surface area contributed by atoms with Gasteiger partial charge in [-0.15, -0.1) is 0 Å². The Morgan fingerprint density at radius 2 is 1.89 bits per heavy atom. The molecule has 98 valence electrons. The van der Waals surface area contributed by atoms with E-state index >= 15 is 0 Å². The number of anilines is 1. The van der Waals surface area contributed by atoms with Gasteiger partial charge >= 0.3 is 0 Å². The van der Waals surface area contributed by atoms with Crippen molar-refractivity contribution in [2.75, 3.05) is 5.73 Å². The summed E-state index contributed by atoms with van der Waals surface area (Å²) in [6.45, 7) is 0. The first-order chi connectivity index (χ1) is 8.97. The highest BCUT2D eigenvalue weighted by Crippen LogP contribution is 2.33. The molecule has 0 aliphatic carbocycles. The van der Waals surface area contributed by atoms with Crippen molar-refractivity contribution in [3.8, 4) is 11.5 Å². The van der Waals surface area contributed by atoms with Crippen molar-refractivity contribution in [2.24, 2.45) is 5.73 Å². The van der Waals surface area contributed by atoms with Crippen LogP contribution in [0.25, 0.3) is 0 Å². The van der Waals surface area contributed by atoms with E-state index in [1.807, 2.05) is 0 Å². The zero-order chi connectivity index (χ0) is 14.0. The van der Waals surface area contributed by atoms with Crippen molar-refractivity contribution in [1.29, 1.82) is 0 Å². The molecular weight excluding hydrogens is 271 g/mol. The summed E-state index contributed by atoms with van der Waals surface area (Å²) in [5.74, 6) is -0.618. The molecule has 2 aromatic carbocycles. The first-order valence-electron chi connectivity index (χ1n) is 5.29. The highest BCUT2D eigenvalue weighted by Gasteiger charge is 2.10. The molecule has 0 aliphatic rings. The highest BCUT2D eigenvalue weighted by molar-refractivity contribution is 6.32. The predicted molar refractivity (Wildman–Crippen MR) is 70.9 cm³/mol. The molecule has 0 spiro atoms. The maximum Gasteiger partial charge on any atom is 0.248 e. The molecule has 0 aliphatic heterocycles. The molecule has 0 heterocycles. The number of hydrogen-bond acceptors (Lipinski definition) is 3. The quantitative estimate of drug-likeness (QED) is 0.849. The second-order valence-electron chi connectivity index (χ2n) is 3.79. The molecule has 19 heavy (non-hydrogen) atoms. The first kappa shape index (κ1) is 13.2. The fourth-order valence-corrected chi connectivity index (χ4v) is 1.66. The van der Waals surface area contributed by atoms with Crippen molar-refractivity contribution in [2.45, 2.75) is 0 Å². The second kappa shape index (κ2) is 5.16. The molecule has 0 atom stereocenters. The zero-order valence-electron chi connectivity index (χ0n) is 9.69. The Balaban J connectivity index is 2.37. The van der Waals surface area contributed by atoms with Gasteiger partial charge in [-0.1, -0.05) is 11.6 Å². The summed E-state index contributed by atoms with van der Waals surface area (Å²) in [5.41, 5.74) is 11.5. The number of ether oxygens (including phenoxy) is 1. The molecule has 0 aromatic heterocycles. The van der Waals surface area contributed by atoms with Gasteiger partial charge in [-0.25, -0.2) is 4.39 Å². The third-order valence-corrected chi connectivity index (χ3v) is 2.71. The largest absolute Gasteiger partial charge is 0.454 e. The second-order valence-corrected chi connectivity index (χ2v) is 4.20. The number of primary amides is 1. The molecule has 1 amide bonds. The van der Waals surface area contributed by atoms with E-state index in [-0.39, 0.29) is 22.1 Å². The normalized spacial score (nSPS) is 10.2. The number of benzene rings is 2. The van der Waals surface area contributed by atoms with Gasteiger partial charge in [0, 0.05) is 5.56 Å². The van der Waals surface area contributed by atoms with E-state index in [9.17, 15) is 9.18 Å². The summed E-state index contributed by atoms with van der Waals surface area (Å²) < 4.78 is 18.4. The Labute approximate surface area is 113 Å². The van der Waals surface area contributed by atoms with E-state index < -0.39 is 11.7 Å². The van der Waals surface area contributed by atoms with Gasteiger partial charge in [-0.05, 0) is 36.4 Å². The Bertz CT molecular complexity index is 647. The lowest BCUT2D eigenvalue weighted by Crippen LogP contribution is -2.11. The van der Waals surface area contributed by atoms with Crippen LogP contribution in [0.2, 0.25) is 5.02 Å². The SMILES string of the molecule is NC(=O)c1ccc(N)c(Oc2ccc(F)cc2Cl)c1. The summed E-state index contributed by atoms with van der Waals surface area (Å²) in [6, 6.07) is 8.06. The lowest BCUT2D eigenvalue weighted by Gasteiger charge is -2.10. The van der Waals surface area contributed by atoms with Gasteiger partial charge in [0.15, 0.2) is 5.75 Å². The van der Waals surface area contributed by atoms with Crippen LogP contribution in [0.15, 0.2) is 36.4 Å². The van der Waals surface area contributed by atoms with E-state index in [1.165, 1.54) is 30.3 Å². The van der Waals surface area contributed by atoms with E-state index in [0.717, 1.165) is 6.07 Å². The van der Waals surface area contributed by atoms with Crippen LogP contribution in [0.4, 0.5) is 10.1 Å². The fourth-order valence-electron chi connectivity index (χ4n) is 1.45. The molecule has 0 saturated carbocycles. The van der Waals surface area contributed by atoms with Gasteiger partial charge in [0.1, 0.15) is 11.6 Å². The van der Waals surface area contributed by atoms with Gasteiger partial charge in [0.25, 0.3) is 0 Å². The lowest BCUT2D eigenvalue weighted by molar-refractivity contribution is 0.1000. The minimum atomic E-state index is -0.602. The molecule has 0 saturated heterocycles. The van der Waals surface area contributed by atoms with Crippen molar-refractivity contribution >= 4 is 23.2 Å². The Morgan fingerprint density at radius 1 is 1.16 bits per heavy atom. The average Bonchev–Trinajstić information content (AvgIpc) is 2.34. The maximum absolute atomic E-state index is 12.9. The third-order valence-electron chi connectivity index (χ3n) is 2.41. The van der Waals surface area contributed by atoms with E-state index in [1.54, 1.807) is 0 Å². The van der Waals surface area contributed by atoms with Crippen LogP contribution in [-0.2, 0) is 0 Å². The Morgan fingerprint density at radius 3 is 2.53 bits per heavy atom. The maximum atomic E-state index is 12.9. The Hall–Kier alpha value is -2.27. The summed E-state index contributed by atoms with van der Waals surface area (Å²) in [7, 11) is 0. The van der Waals surface area contributed by atoms with Crippen LogP contribution in [0.1, 0.15) is 10.4 Å². The number of nitrogen functional groups attached to an aromatic ring is 1. The molecule has 0 fully saturated rings. The van der Waals surface area contributed by atoms with E-state index in [0.29, 0.717) is 5.69 Å². The monoisotopic (exact) mass is 280 g/mol. The van der Waals surface area contributed by atoms with Crippen LogP contribution in [-0.4, -0.2) is 5.91 Å². The smallest absolute Gasteiger partial charge is 0.248 e. The Kier molecular flexibility index (Phi) is 3.57. The predicted octanol–water partition coefficient (Wildman–Crippen LogP) is 2.95. The zero-order valence-corrected chi connectivity index (χ0v) is 10.4. The van der Waals surface area contributed by atoms with Crippen molar-refractivity contribution in [3.05, 3.63) is 52.8 Å². The van der Waals surface area contributed by atoms with E-state index in [4.69, 9.17) is 27.8 Å². The van der Waals surface area contributed by atoms with Gasteiger partial charge in [0.2, 0.25) is 5.91 Å². The number of carbonyl (C=O) groups excluding carboxylic acids is 1. The van der Waals surface area contributed by atoms with Crippen LogP contribution in [0.3, 0.4) is 0 Å². The number of amides is 1. The van der Waals surface area contributed by atoms with Crippen LogP contribution in [0.5, 0.6) is 11.5 Å². The van der Waals surface area contributed by atoms with Crippen LogP contribution >= 0.6 is 11.6 Å². The highest BCUT2D eigenvalue weighted by atomic mass is 35.5. The van der Waals surface area contributed by atoms with Crippen molar-refractivity contribution < 1.29 is 13.9 Å². The first-order valence-corrected chi connectivity index (χ1v) is 5.67. The molecular formula is C13H10ClFN2O2. The molecule has 4 nitrogen and oxygen atoms in total. The number of rotatable bonds is 3. The average molecular weight is 281 g/mol. The molecule has 6 heteroatoms. The molecule has 2 rings (SSSR count). The number of hydrogen-bond donors (Lipinski definition) is 2. The topological polar surface area (TPSA) is 78.3 Å². The van der Waals surface area contributed by atoms with Crippen LogP contribution < -0.4 is 16.2 Å². The molecule has 4 N–H and O–H groups in total. The summed E-state index contributed by atoms with van der Waals surface area (Å²) in [5, 5.41) is 0.101. The molecule has 0 unspecified atom stereocenters. The van der Waals surface area contributed by atoms with Gasteiger partial charge in [-0.3, -0.25) is 4.79 Å². The minimum Gasteiger partial charge on any atom is -0.454 e. The van der Waals surface area contributed by atoms with Crippen molar-refractivity contribution in [1.82, 2.24) is 0 Å². The van der Waals surface area contributed by atoms with Gasteiger partial charge < -0.3 is 16.2 Å².